The highest BCUT2D eigenvalue weighted by molar-refractivity contribution is 5.70. The van der Waals surface area contributed by atoms with Crippen molar-refractivity contribution in [2.24, 2.45) is 0 Å². The molecule has 0 aromatic heterocycles. The molecule has 4 nitrogen and oxygen atoms in total. The van der Waals surface area contributed by atoms with Crippen LogP contribution in [0.2, 0.25) is 0 Å². The van der Waals surface area contributed by atoms with E-state index < -0.39 is 12.1 Å². The van der Waals surface area contributed by atoms with Crippen molar-refractivity contribution < 1.29 is 32.3 Å². The van der Waals surface area contributed by atoms with Crippen LogP contribution in [-0.4, -0.2) is 49.6 Å². The third-order valence-electron chi connectivity index (χ3n) is 3.45. The molecule has 0 saturated carbocycles. The minimum atomic E-state index is -5.19. The van der Waals surface area contributed by atoms with Gasteiger partial charge in [0, 0.05) is 12.8 Å². The summed E-state index contributed by atoms with van der Waals surface area (Å²) in [5.74, 6) is -3.01. The highest BCUT2D eigenvalue weighted by atomic mass is 19.4. The Morgan fingerprint density at radius 1 is 1.19 bits per heavy atom. The maximum atomic E-state index is 10.5. The van der Waals surface area contributed by atoms with Crippen molar-refractivity contribution in [3.05, 3.63) is 0 Å². The number of ether oxygens (including phenoxy) is 1. The van der Waals surface area contributed by atoms with E-state index in [1.807, 2.05) is 0 Å². The molecule has 0 spiro atoms. The molecule has 0 atom stereocenters. The summed E-state index contributed by atoms with van der Waals surface area (Å²) in [4.78, 5) is 8.78. The quantitative estimate of drug-likeness (QED) is 0.534. The van der Waals surface area contributed by atoms with Crippen LogP contribution in [0.3, 0.4) is 0 Å². The lowest BCUT2D eigenvalue weighted by Gasteiger charge is -2.33. The zero-order chi connectivity index (χ0) is 16.4. The number of hydrogen-bond donors (Lipinski definition) is 0. The summed E-state index contributed by atoms with van der Waals surface area (Å²) >= 11 is 0. The van der Waals surface area contributed by atoms with E-state index in [1.165, 1.54) is 49.8 Å². The molecule has 0 amide bonds. The summed E-state index contributed by atoms with van der Waals surface area (Å²) in [5, 5.41) is 8.78. The molecule has 126 valence electrons. The van der Waals surface area contributed by atoms with Crippen molar-refractivity contribution in [3.8, 4) is 0 Å². The van der Waals surface area contributed by atoms with E-state index in [9.17, 15) is 13.2 Å². The van der Waals surface area contributed by atoms with Crippen LogP contribution in [0, 0.1) is 0 Å². The fraction of sp³-hybridized carbons (Fsp3) is 0.929. The number of rotatable bonds is 7. The molecule has 0 unspecified atom stereocenters. The summed E-state index contributed by atoms with van der Waals surface area (Å²) in [6.45, 7) is 10.4. The van der Waals surface area contributed by atoms with Gasteiger partial charge in [0.2, 0.25) is 0 Å². The Hall–Kier alpha value is -0.820. The van der Waals surface area contributed by atoms with E-state index in [0.717, 1.165) is 19.8 Å². The number of likely N-dealkylation sites (tertiary alicyclic amines) is 1. The number of carboxylic acids is 1. The Kier molecular flexibility index (Phi) is 9.61. The molecule has 0 radical (unpaired) electrons. The predicted octanol–water partition coefficient (Wildman–Crippen LogP) is 2.08. The van der Waals surface area contributed by atoms with Gasteiger partial charge in [-0.25, -0.2) is 0 Å². The Balaban J connectivity index is 0.000000486. The number of nitrogens with zero attached hydrogens (tertiary/aromatic N) is 1. The largest absolute Gasteiger partial charge is 0.542 e. The molecule has 1 rings (SSSR count). The second-order valence-electron chi connectivity index (χ2n) is 5.40. The second-order valence-corrected chi connectivity index (χ2v) is 5.40. The molecule has 7 heteroatoms. The van der Waals surface area contributed by atoms with E-state index in [4.69, 9.17) is 14.6 Å². The lowest BCUT2D eigenvalue weighted by Crippen LogP contribution is -2.47. The summed E-state index contributed by atoms with van der Waals surface area (Å²) in [5.41, 5.74) is 0. The van der Waals surface area contributed by atoms with Gasteiger partial charge in [0.05, 0.1) is 26.2 Å². The number of carboxylic acid groups (broad SMARTS) is 1. The number of carbonyl (C=O) groups excluding carboxylic acids is 1. The average molecular weight is 313 g/mol. The van der Waals surface area contributed by atoms with Crippen molar-refractivity contribution in [2.45, 2.75) is 52.1 Å². The van der Waals surface area contributed by atoms with E-state index in [-0.39, 0.29) is 0 Å². The van der Waals surface area contributed by atoms with E-state index in [1.54, 1.807) is 0 Å². The number of carbonyl (C=O) groups is 1. The summed E-state index contributed by atoms with van der Waals surface area (Å²) < 4.78 is 38.5. The van der Waals surface area contributed by atoms with Crippen LogP contribution < -0.4 is 5.11 Å². The molecule has 0 aliphatic carbocycles. The van der Waals surface area contributed by atoms with Crippen LogP contribution in [0.1, 0.15) is 46.0 Å². The van der Waals surface area contributed by atoms with Gasteiger partial charge in [-0.05, 0) is 12.8 Å². The monoisotopic (exact) mass is 313 g/mol. The standard InChI is InChI=1S/C12H26NO.C2HF3O2/c1-3-5-8-13(9-6-7-10-13)12-14-11-4-2;3-2(4,5)1(6)7/h3-12H2,1-2H3;(H,6,7)/q+1;/p-1. The molecular weight excluding hydrogens is 287 g/mol. The SMILES string of the molecule is CCCC[N+]1(COCCC)CCCC1.O=C([O-])C(F)(F)F. The molecule has 1 heterocycles. The molecular formula is C14H26F3NO3. The van der Waals surface area contributed by atoms with Crippen molar-refractivity contribution in [3.63, 3.8) is 0 Å². The summed E-state index contributed by atoms with van der Waals surface area (Å²) in [6, 6.07) is 0. The third-order valence-corrected chi connectivity index (χ3v) is 3.45. The highest BCUT2D eigenvalue weighted by Gasteiger charge is 2.31. The molecule has 0 N–H and O–H groups in total. The number of quaternary nitrogens is 1. The van der Waals surface area contributed by atoms with Crippen molar-refractivity contribution in [1.82, 2.24) is 0 Å². The van der Waals surface area contributed by atoms with Gasteiger partial charge in [-0.3, -0.25) is 0 Å². The maximum absolute atomic E-state index is 10.5. The molecule has 0 aromatic carbocycles. The van der Waals surface area contributed by atoms with Crippen LogP contribution in [0.5, 0.6) is 0 Å². The third kappa shape index (κ3) is 8.93. The van der Waals surface area contributed by atoms with E-state index in [0.29, 0.717) is 0 Å². The first kappa shape index (κ1) is 20.2. The van der Waals surface area contributed by atoms with Crippen LogP contribution >= 0.6 is 0 Å². The molecule has 1 aliphatic rings. The molecule has 1 aliphatic heterocycles. The first-order valence-electron chi connectivity index (χ1n) is 7.48. The number of halogens is 3. The highest BCUT2D eigenvalue weighted by Crippen LogP contribution is 2.20. The zero-order valence-corrected chi connectivity index (χ0v) is 12.9. The van der Waals surface area contributed by atoms with Gasteiger partial charge < -0.3 is 19.1 Å². The van der Waals surface area contributed by atoms with Gasteiger partial charge in [0.1, 0.15) is 5.97 Å². The fourth-order valence-electron chi connectivity index (χ4n) is 2.32. The van der Waals surface area contributed by atoms with Crippen LogP contribution in [0.25, 0.3) is 0 Å². The molecule has 1 saturated heterocycles. The maximum Gasteiger partial charge on any atom is 0.430 e. The van der Waals surface area contributed by atoms with Crippen LogP contribution in [0.4, 0.5) is 13.2 Å². The van der Waals surface area contributed by atoms with Crippen LogP contribution in [-0.2, 0) is 9.53 Å². The van der Waals surface area contributed by atoms with Crippen molar-refractivity contribution in [2.75, 3.05) is 33.0 Å². The Morgan fingerprint density at radius 2 is 1.71 bits per heavy atom. The lowest BCUT2D eigenvalue weighted by atomic mass is 10.3. The van der Waals surface area contributed by atoms with Gasteiger partial charge in [-0.2, -0.15) is 13.2 Å². The summed E-state index contributed by atoms with van der Waals surface area (Å²) in [6.07, 6.45) is 1.43. The van der Waals surface area contributed by atoms with Gasteiger partial charge >= 0.3 is 6.18 Å². The normalized spacial score (nSPS) is 17.2. The van der Waals surface area contributed by atoms with Crippen molar-refractivity contribution in [1.29, 1.82) is 0 Å². The van der Waals surface area contributed by atoms with Gasteiger partial charge in [0.15, 0.2) is 6.73 Å². The molecule has 21 heavy (non-hydrogen) atoms. The predicted molar refractivity (Wildman–Crippen MR) is 71.2 cm³/mol. The Bertz CT molecular complexity index is 290. The lowest BCUT2D eigenvalue weighted by molar-refractivity contribution is -0.935. The van der Waals surface area contributed by atoms with E-state index in [2.05, 4.69) is 13.8 Å². The van der Waals surface area contributed by atoms with Crippen molar-refractivity contribution >= 4 is 5.97 Å². The number of unbranched alkanes of at least 4 members (excludes halogenated alkanes) is 1. The van der Waals surface area contributed by atoms with Crippen LogP contribution in [0.15, 0.2) is 0 Å². The summed E-state index contributed by atoms with van der Waals surface area (Å²) in [7, 11) is 0. The van der Waals surface area contributed by atoms with E-state index >= 15 is 0 Å². The molecule has 1 fully saturated rings. The minimum Gasteiger partial charge on any atom is -0.542 e. The Morgan fingerprint density at radius 3 is 2.10 bits per heavy atom. The fourth-order valence-corrected chi connectivity index (χ4v) is 2.32. The van der Waals surface area contributed by atoms with Gasteiger partial charge in [0.25, 0.3) is 0 Å². The number of aliphatic carboxylic acids is 1. The second kappa shape index (κ2) is 10.00. The Labute approximate surface area is 124 Å². The number of hydrogen-bond acceptors (Lipinski definition) is 3. The molecule has 0 bridgehead atoms. The first-order chi connectivity index (χ1) is 9.77. The molecule has 0 aromatic rings. The van der Waals surface area contributed by atoms with Gasteiger partial charge in [-0.1, -0.05) is 20.3 Å². The minimum absolute atomic E-state index is 0.937. The number of alkyl halides is 3. The average Bonchev–Trinajstić information content (AvgIpc) is 2.86. The zero-order valence-electron chi connectivity index (χ0n) is 12.9. The smallest absolute Gasteiger partial charge is 0.430 e. The first-order valence-corrected chi connectivity index (χ1v) is 7.48. The topological polar surface area (TPSA) is 49.4 Å². The van der Waals surface area contributed by atoms with Gasteiger partial charge in [-0.15, -0.1) is 0 Å².